The fourth-order valence-corrected chi connectivity index (χ4v) is 6.28. The number of carbonyl (C=O) groups is 1. The molecule has 0 amide bonds. The van der Waals surface area contributed by atoms with Crippen molar-refractivity contribution in [2.75, 3.05) is 44.3 Å². The van der Waals surface area contributed by atoms with Crippen molar-refractivity contribution in [2.45, 2.75) is 36.8 Å². The van der Waals surface area contributed by atoms with Crippen molar-refractivity contribution in [2.24, 2.45) is 5.41 Å². The molecule has 4 rings (SSSR count). The van der Waals surface area contributed by atoms with Crippen molar-refractivity contribution in [1.82, 2.24) is 4.90 Å². The Balaban J connectivity index is 1.49. The normalized spacial score (nSPS) is 25.9. The first-order chi connectivity index (χ1) is 14.4. The van der Waals surface area contributed by atoms with Gasteiger partial charge in [0, 0.05) is 49.7 Å². The largest absolute Gasteiger partial charge is 0.481 e. The Labute approximate surface area is 183 Å². The highest BCUT2D eigenvalue weighted by Crippen LogP contribution is 2.48. The van der Waals surface area contributed by atoms with Gasteiger partial charge in [0.1, 0.15) is 5.37 Å². The summed E-state index contributed by atoms with van der Waals surface area (Å²) in [5, 5.41) is 9.85. The van der Waals surface area contributed by atoms with Gasteiger partial charge in [-0.25, -0.2) is 4.21 Å². The van der Waals surface area contributed by atoms with E-state index in [9.17, 15) is 18.7 Å². The molecule has 1 aromatic carbocycles. The van der Waals surface area contributed by atoms with E-state index in [0.717, 1.165) is 5.69 Å². The number of ether oxygens (including phenoxy) is 2. The molecule has 2 atom stereocenters. The summed E-state index contributed by atoms with van der Waals surface area (Å²) >= 11 is 3.66. The first kappa shape index (κ1) is 22.0. The molecule has 0 aromatic heterocycles. The van der Waals surface area contributed by atoms with Gasteiger partial charge in [0.25, 0.3) is 0 Å². The second-order valence-electron chi connectivity index (χ2n) is 8.20. The molecular weight excluding hydrogens is 432 g/mol. The lowest BCUT2D eigenvalue weighted by Gasteiger charge is -2.48. The predicted molar refractivity (Wildman–Crippen MR) is 113 cm³/mol. The number of hydrogen-bond acceptors (Lipinski definition) is 6. The molecule has 1 aromatic rings. The van der Waals surface area contributed by atoms with Crippen LogP contribution in [-0.4, -0.2) is 75.3 Å². The van der Waals surface area contributed by atoms with Gasteiger partial charge in [0.05, 0.1) is 18.6 Å². The van der Waals surface area contributed by atoms with Crippen LogP contribution in [0.4, 0.5) is 5.69 Å². The standard InChI is InChI=1S/C20H27ClN2O6S/c21-15-1-3-16(4-2-15)22-9-11-23(12-10-22)17(30(26)27)19(18(24)25)5-7-20(8-6-19)28-13-14-29-20/h1-4,17H,5-14H2,(H,24,25)(H,26,27). The van der Waals surface area contributed by atoms with E-state index < -0.39 is 33.6 Å². The van der Waals surface area contributed by atoms with Crippen LogP contribution in [0.15, 0.2) is 24.3 Å². The number of carboxylic acids is 1. The second kappa shape index (κ2) is 8.72. The molecule has 30 heavy (non-hydrogen) atoms. The third-order valence-electron chi connectivity index (χ3n) is 6.64. The Bertz CT molecular complexity index is 783. The maximum atomic E-state index is 12.4. The molecule has 1 aliphatic carbocycles. The summed E-state index contributed by atoms with van der Waals surface area (Å²) in [6.07, 6.45) is 1.32. The number of anilines is 1. The predicted octanol–water partition coefficient (Wildman–Crippen LogP) is 2.40. The van der Waals surface area contributed by atoms with E-state index in [-0.39, 0.29) is 12.8 Å². The molecule has 2 N–H and O–H groups in total. The van der Waals surface area contributed by atoms with Crippen molar-refractivity contribution >= 4 is 34.3 Å². The fourth-order valence-electron chi connectivity index (χ4n) is 4.97. The Kier molecular flexibility index (Phi) is 6.39. The number of carboxylic acid groups (broad SMARTS) is 1. The summed E-state index contributed by atoms with van der Waals surface area (Å²) in [7, 11) is 0. The molecule has 2 saturated heterocycles. The zero-order valence-electron chi connectivity index (χ0n) is 16.7. The van der Waals surface area contributed by atoms with Gasteiger partial charge < -0.3 is 24.0 Å². The highest BCUT2D eigenvalue weighted by Gasteiger charge is 2.57. The summed E-state index contributed by atoms with van der Waals surface area (Å²) in [4.78, 5) is 16.4. The van der Waals surface area contributed by atoms with Crippen molar-refractivity contribution in [1.29, 1.82) is 0 Å². The number of rotatable bonds is 5. The maximum Gasteiger partial charge on any atom is 0.312 e. The Hall–Kier alpha value is -1.23. The molecular formula is C20H27ClN2O6S. The minimum Gasteiger partial charge on any atom is -0.481 e. The first-order valence-corrected chi connectivity index (χ1v) is 11.8. The third-order valence-corrected chi connectivity index (χ3v) is 8.03. The van der Waals surface area contributed by atoms with Crippen LogP contribution in [0.1, 0.15) is 25.7 Å². The molecule has 3 aliphatic rings. The van der Waals surface area contributed by atoms with Crippen LogP contribution >= 0.6 is 11.6 Å². The van der Waals surface area contributed by atoms with Crippen LogP contribution in [0.3, 0.4) is 0 Å². The van der Waals surface area contributed by atoms with Crippen molar-refractivity contribution in [3.63, 3.8) is 0 Å². The summed E-state index contributed by atoms with van der Waals surface area (Å²) in [5.41, 5.74) is -0.272. The topological polar surface area (TPSA) is 99.5 Å². The van der Waals surface area contributed by atoms with Gasteiger partial charge in [-0.3, -0.25) is 9.69 Å². The lowest BCUT2D eigenvalue weighted by atomic mass is 9.71. The smallest absolute Gasteiger partial charge is 0.312 e. The van der Waals surface area contributed by atoms with Gasteiger partial charge in [0.2, 0.25) is 0 Å². The van der Waals surface area contributed by atoms with E-state index in [4.69, 9.17) is 21.1 Å². The number of aliphatic carboxylic acids is 1. The number of nitrogens with zero attached hydrogens (tertiary/aromatic N) is 2. The fraction of sp³-hybridized carbons (Fsp3) is 0.650. The molecule has 8 nitrogen and oxygen atoms in total. The first-order valence-electron chi connectivity index (χ1n) is 10.2. The van der Waals surface area contributed by atoms with Gasteiger partial charge in [-0.15, -0.1) is 0 Å². The van der Waals surface area contributed by atoms with Crippen LogP contribution in [0.25, 0.3) is 0 Å². The monoisotopic (exact) mass is 458 g/mol. The number of piperazine rings is 1. The molecule has 10 heteroatoms. The van der Waals surface area contributed by atoms with Gasteiger partial charge in [-0.1, -0.05) is 11.6 Å². The Morgan fingerprint density at radius 3 is 2.10 bits per heavy atom. The summed E-state index contributed by atoms with van der Waals surface area (Å²) < 4.78 is 34.1. The van der Waals surface area contributed by atoms with Crippen molar-refractivity contribution in [3.8, 4) is 0 Å². The molecule has 3 fully saturated rings. The molecule has 2 heterocycles. The summed E-state index contributed by atoms with van der Waals surface area (Å²) in [6.45, 7) is 3.30. The quantitative estimate of drug-likeness (QED) is 0.649. The minimum absolute atomic E-state index is 0.247. The minimum atomic E-state index is -2.30. The second-order valence-corrected chi connectivity index (χ2v) is 9.63. The van der Waals surface area contributed by atoms with Gasteiger partial charge in [-0.2, -0.15) is 0 Å². The average molecular weight is 459 g/mol. The summed E-state index contributed by atoms with van der Waals surface area (Å²) in [6, 6.07) is 7.56. The number of benzene rings is 1. The third kappa shape index (κ3) is 4.11. The number of hydrogen-bond donors (Lipinski definition) is 2. The van der Waals surface area contributed by atoms with E-state index in [1.807, 2.05) is 29.2 Å². The van der Waals surface area contributed by atoms with Crippen molar-refractivity contribution in [3.05, 3.63) is 29.3 Å². The zero-order chi connectivity index (χ0) is 21.4. The average Bonchev–Trinajstić information content (AvgIpc) is 3.19. The van der Waals surface area contributed by atoms with Gasteiger partial charge in [-0.05, 0) is 37.1 Å². The van der Waals surface area contributed by atoms with E-state index in [0.29, 0.717) is 57.3 Å². The Morgan fingerprint density at radius 2 is 1.60 bits per heavy atom. The molecule has 2 aliphatic heterocycles. The highest BCUT2D eigenvalue weighted by atomic mass is 35.5. The molecule has 2 unspecified atom stereocenters. The maximum absolute atomic E-state index is 12.4. The van der Waals surface area contributed by atoms with Gasteiger partial charge >= 0.3 is 5.97 Å². The lowest BCUT2D eigenvalue weighted by molar-refractivity contribution is -0.200. The molecule has 0 bridgehead atoms. The van der Waals surface area contributed by atoms with Crippen LogP contribution in [0.5, 0.6) is 0 Å². The number of halogens is 1. The van der Waals surface area contributed by atoms with Gasteiger partial charge in [0.15, 0.2) is 16.9 Å². The molecule has 1 saturated carbocycles. The molecule has 0 radical (unpaired) electrons. The Morgan fingerprint density at radius 1 is 1.03 bits per heavy atom. The van der Waals surface area contributed by atoms with E-state index >= 15 is 0 Å². The molecule has 1 spiro atoms. The van der Waals surface area contributed by atoms with Crippen LogP contribution in [0, 0.1) is 5.41 Å². The van der Waals surface area contributed by atoms with Crippen LogP contribution in [-0.2, 0) is 25.3 Å². The molecule has 166 valence electrons. The SMILES string of the molecule is O=C(O)C1(C(N2CCN(c3ccc(Cl)cc3)CC2)S(=O)O)CCC2(CC1)OCCO2. The lowest BCUT2D eigenvalue weighted by Crippen LogP contribution is -2.61. The zero-order valence-corrected chi connectivity index (χ0v) is 18.2. The van der Waals surface area contributed by atoms with Crippen molar-refractivity contribution < 1.29 is 28.1 Å². The van der Waals surface area contributed by atoms with Crippen LogP contribution < -0.4 is 4.90 Å². The highest BCUT2D eigenvalue weighted by molar-refractivity contribution is 7.79. The van der Waals surface area contributed by atoms with Crippen LogP contribution in [0.2, 0.25) is 5.02 Å². The van der Waals surface area contributed by atoms with E-state index in [2.05, 4.69) is 4.90 Å². The van der Waals surface area contributed by atoms with E-state index in [1.165, 1.54) is 0 Å². The summed E-state index contributed by atoms with van der Waals surface area (Å²) in [5.74, 6) is -1.75. The van der Waals surface area contributed by atoms with E-state index in [1.54, 1.807) is 0 Å².